The normalized spacial score (nSPS) is 11.8. The fourth-order valence-electron chi connectivity index (χ4n) is 2.40. The summed E-state index contributed by atoms with van der Waals surface area (Å²) in [7, 11) is -3.61. The van der Waals surface area contributed by atoms with Crippen LogP contribution in [0.2, 0.25) is 0 Å². The summed E-state index contributed by atoms with van der Waals surface area (Å²) < 4.78 is 29.6. The van der Waals surface area contributed by atoms with Gasteiger partial charge in [0, 0.05) is 22.8 Å². The molecule has 1 N–H and O–H groups in total. The Morgan fingerprint density at radius 2 is 2.04 bits per heavy atom. The van der Waals surface area contributed by atoms with E-state index in [0.29, 0.717) is 11.3 Å². The van der Waals surface area contributed by atoms with Crippen LogP contribution in [0.3, 0.4) is 0 Å². The Morgan fingerprint density at radius 3 is 2.88 bits per heavy atom. The summed E-state index contributed by atoms with van der Waals surface area (Å²) in [5.74, 6) is 0. The molecule has 126 valence electrons. The Hall–Kier alpha value is -2.62. The van der Waals surface area contributed by atoms with Crippen LogP contribution in [-0.2, 0) is 16.6 Å². The van der Waals surface area contributed by atoms with Crippen LogP contribution >= 0.6 is 11.3 Å². The summed E-state index contributed by atoms with van der Waals surface area (Å²) in [5, 5.41) is 4.10. The van der Waals surface area contributed by atoms with Crippen LogP contribution in [0.4, 0.5) is 0 Å². The van der Waals surface area contributed by atoms with Crippen molar-refractivity contribution in [3.05, 3.63) is 66.9 Å². The SMILES string of the molecule is O=S(=O)(NCc1cccc2ncnn12)c1ccc(-c2cccnc2)s1. The van der Waals surface area contributed by atoms with E-state index in [4.69, 9.17) is 0 Å². The minimum atomic E-state index is -3.61. The van der Waals surface area contributed by atoms with Crippen molar-refractivity contribution in [2.24, 2.45) is 0 Å². The van der Waals surface area contributed by atoms with E-state index in [1.54, 1.807) is 35.1 Å². The molecule has 0 radical (unpaired) electrons. The molecule has 4 aromatic heterocycles. The molecule has 0 aliphatic rings. The maximum atomic E-state index is 12.6. The quantitative estimate of drug-likeness (QED) is 0.582. The summed E-state index contributed by atoms with van der Waals surface area (Å²) in [6.07, 6.45) is 4.83. The van der Waals surface area contributed by atoms with Gasteiger partial charge in [-0.05, 0) is 30.3 Å². The number of thiophene rings is 1. The highest BCUT2D eigenvalue weighted by atomic mass is 32.2. The number of aromatic nitrogens is 4. The molecule has 9 heteroatoms. The monoisotopic (exact) mass is 371 g/mol. The van der Waals surface area contributed by atoms with Crippen molar-refractivity contribution in [3.63, 3.8) is 0 Å². The minimum absolute atomic E-state index is 0.128. The molecule has 7 nitrogen and oxygen atoms in total. The van der Waals surface area contributed by atoms with E-state index in [2.05, 4.69) is 19.8 Å². The highest BCUT2D eigenvalue weighted by molar-refractivity contribution is 7.91. The number of nitrogens with zero attached hydrogens (tertiary/aromatic N) is 4. The molecule has 0 spiro atoms. The van der Waals surface area contributed by atoms with E-state index in [1.165, 1.54) is 17.7 Å². The first-order valence-electron chi connectivity index (χ1n) is 7.41. The van der Waals surface area contributed by atoms with E-state index in [-0.39, 0.29) is 10.8 Å². The lowest BCUT2D eigenvalue weighted by Gasteiger charge is -2.06. The third kappa shape index (κ3) is 3.16. The van der Waals surface area contributed by atoms with Gasteiger partial charge in [-0.25, -0.2) is 22.6 Å². The van der Waals surface area contributed by atoms with Gasteiger partial charge in [0.25, 0.3) is 0 Å². The van der Waals surface area contributed by atoms with Gasteiger partial charge in [-0.1, -0.05) is 12.1 Å². The second-order valence-corrected chi connectivity index (χ2v) is 8.31. The van der Waals surface area contributed by atoms with Crippen molar-refractivity contribution < 1.29 is 8.42 Å². The predicted octanol–water partition coefficient (Wildman–Crippen LogP) is 2.33. The fourth-order valence-corrected chi connectivity index (χ4v) is 4.74. The summed E-state index contributed by atoms with van der Waals surface area (Å²) in [6, 6.07) is 12.5. The molecule has 4 rings (SSSR count). The molecule has 0 saturated carbocycles. The zero-order valence-corrected chi connectivity index (χ0v) is 14.5. The zero-order valence-electron chi connectivity index (χ0n) is 12.9. The van der Waals surface area contributed by atoms with Gasteiger partial charge in [-0.2, -0.15) is 5.10 Å². The van der Waals surface area contributed by atoms with Crippen LogP contribution in [-0.4, -0.2) is 28.0 Å². The zero-order chi connectivity index (χ0) is 17.3. The number of fused-ring (bicyclic) bond motifs is 1. The first kappa shape index (κ1) is 15.9. The van der Waals surface area contributed by atoms with Gasteiger partial charge in [0.2, 0.25) is 10.0 Å². The molecule has 4 aromatic rings. The van der Waals surface area contributed by atoms with E-state index in [0.717, 1.165) is 10.4 Å². The molecular weight excluding hydrogens is 358 g/mol. The molecule has 0 atom stereocenters. The molecule has 0 aliphatic heterocycles. The van der Waals surface area contributed by atoms with Gasteiger partial charge >= 0.3 is 0 Å². The van der Waals surface area contributed by atoms with E-state index < -0.39 is 10.0 Å². The molecular formula is C16H13N5O2S2. The first-order chi connectivity index (χ1) is 12.1. The molecule has 0 saturated heterocycles. The maximum Gasteiger partial charge on any atom is 0.250 e. The highest BCUT2D eigenvalue weighted by Gasteiger charge is 2.18. The molecule has 0 unspecified atom stereocenters. The van der Waals surface area contributed by atoms with Gasteiger partial charge in [0.05, 0.1) is 12.2 Å². The second kappa shape index (κ2) is 6.36. The molecule has 0 bridgehead atoms. The van der Waals surface area contributed by atoms with Gasteiger partial charge in [-0.15, -0.1) is 11.3 Å². The topological polar surface area (TPSA) is 89.2 Å². The number of pyridine rings is 2. The Morgan fingerprint density at radius 1 is 1.12 bits per heavy atom. The van der Waals surface area contributed by atoms with E-state index in [1.807, 2.05) is 24.3 Å². The Labute approximate surface area is 148 Å². The lowest BCUT2D eigenvalue weighted by atomic mass is 10.2. The van der Waals surface area contributed by atoms with E-state index in [9.17, 15) is 8.42 Å². The van der Waals surface area contributed by atoms with Crippen LogP contribution in [0.15, 0.2) is 65.4 Å². The largest absolute Gasteiger partial charge is 0.264 e. The smallest absolute Gasteiger partial charge is 0.250 e. The number of sulfonamides is 1. The number of nitrogens with one attached hydrogen (secondary N) is 1. The lowest BCUT2D eigenvalue weighted by molar-refractivity contribution is 0.581. The molecule has 0 aromatic carbocycles. The third-order valence-electron chi connectivity index (χ3n) is 3.62. The number of hydrogen-bond donors (Lipinski definition) is 1. The first-order valence-corrected chi connectivity index (χ1v) is 9.71. The van der Waals surface area contributed by atoms with Crippen molar-refractivity contribution in [2.45, 2.75) is 10.8 Å². The Bertz CT molecular complexity index is 1120. The van der Waals surface area contributed by atoms with Crippen molar-refractivity contribution >= 4 is 27.0 Å². The van der Waals surface area contributed by atoms with Crippen molar-refractivity contribution in [1.29, 1.82) is 0 Å². The highest BCUT2D eigenvalue weighted by Crippen LogP contribution is 2.30. The van der Waals surface area contributed by atoms with E-state index >= 15 is 0 Å². The van der Waals surface area contributed by atoms with Crippen molar-refractivity contribution in [1.82, 2.24) is 24.3 Å². The lowest BCUT2D eigenvalue weighted by Crippen LogP contribution is -2.23. The van der Waals surface area contributed by atoms with Crippen LogP contribution in [0.5, 0.6) is 0 Å². The van der Waals surface area contributed by atoms with Crippen molar-refractivity contribution in [3.8, 4) is 10.4 Å². The standard InChI is InChI=1S/C16H13N5O2S2/c22-25(23,16-7-6-14(24-16)12-3-2-8-17-9-12)20-10-13-4-1-5-15-18-11-19-21(13)15/h1-9,11,20H,10H2. The average Bonchev–Trinajstić information content (AvgIpc) is 3.30. The average molecular weight is 371 g/mol. The molecule has 25 heavy (non-hydrogen) atoms. The molecule has 0 amide bonds. The van der Waals surface area contributed by atoms with Crippen LogP contribution < -0.4 is 4.72 Å². The summed E-state index contributed by atoms with van der Waals surface area (Å²) >= 11 is 1.21. The van der Waals surface area contributed by atoms with Gasteiger partial charge in [-0.3, -0.25) is 4.98 Å². The van der Waals surface area contributed by atoms with Crippen molar-refractivity contribution in [2.75, 3.05) is 0 Å². The third-order valence-corrected chi connectivity index (χ3v) is 6.64. The number of hydrogen-bond acceptors (Lipinski definition) is 6. The number of rotatable bonds is 5. The summed E-state index contributed by atoms with van der Waals surface area (Å²) in [6.45, 7) is 0.128. The predicted molar refractivity (Wildman–Crippen MR) is 94.6 cm³/mol. The van der Waals surface area contributed by atoms with Gasteiger partial charge in [0.15, 0.2) is 5.65 Å². The fraction of sp³-hybridized carbons (Fsp3) is 0.0625. The Balaban J connectivity index is 1.56. The van der Waals surface area contributed by atoms with Crippen LogP contribution in [0.25, 0.3) is 16.1 Å². The minimum Gasteiger partial charge on any atom is -0.264 e. The Kier molecular flexibility index (Phi) is 4.04. The molecule has 4 heterocycles. The summed E-state index contributed by atoms with van der Waals surface area (Å²) in [5.41, 5.74) is 2.27. The molecule has 0 aliphatic carbocycles. The maximum absolute atomic E-state index is 12.6. The second-order valence-electron chi connectivity index (χ2n) is 5.23. The molecule has 0 fully saturated rings. The van der Waals surface area contributed by atoms with Crippen LogP contribution in [0, 0.1) is 0 Å². The van der Waals surface area contributed by atoms with Gasteiger partial charge < -0.3 is 0 Å². The van der Waals surface area contributed by atoms with Gasteiger partial charge in [0.1, 0.15) is 10.5 Å². The van der Waals surface area contributed by atoms with Crippen LogP contribution in [0.1, 0.15) is 5.69 Å². The summed E-state index contributed by atoms with van der Waals surface area (Å²) in [4.78, 5) is 9.00.